The highest BCUT2D eigenvalue weighted by atomic mass is 35.5. The zero-order valence-corrected chi connectivity index (χ0v) is 13.8. The molecule has 0 saturated carbocycles. The monoisotopic (exact) mass is 308 g/mol. The summed E-state index contributed by atoms with van der Waals surface area (Å²) in [5, 5.41) is 0.625. The molecule has 0 aliphatic carbocycles. The van der Waals surface area contributed by atoms with Crippen molar-refractivity contribution in [1.82, 2.24) is 14.9 Å². The molecule has 1 aromatic rings. The van der Waals surface area contributed by atoms with E-state index < -0.39 is 0 Å². The molecule has 0 radical (unpaired) electrons. The first-order valence-electron chi connectivity index (χ1n) is 8.20. The SMILES string of the molecule is CCCc1c(Cl)ncnc1N1CC2CCCCN2CC1C. The Hall–Kier alpha value is -0.870. The topological polar surface area (TPSA) is 32.3 Å². The largest absolute Gasteiger partial charge is 0.351 e. The van der Waals surface area contributed by atoms with Crippen molar-refractivity contribution in [2.24, 2.45) is 0 Å². The first kappa shape index (κ1) is 15.0. The average Bonchev–Trinajstić information content (AvgIpc) is 2.49. The van der Waals surface area contributed by atoms with Crippen LogP contribution in [0.25, 0.3) is 0 Å². The Morgan fingerprint density at radius 1 is 1.29 bits per heavy atom. The van der Waals surface area contributed by atoms with Crippen LogP contribution >= 0.6 is 11.6 Å². The van der Waals surface area contributed by atoms with Crippen LogP contribution in [0.4, 0.5) is 5.82 Å². The molecule has 0 bridgehead atoms. The van der Waals surface area contributed by atoms with E-state index in [4.69, 9.17) is 11.6 Å². The maximum atomic E-state index is 6.32. The van der Waals surface area contributed by atoms with Gasteiger partial charge in [-0.2, -0.15) is 0 Å². The minimum atomic E-state index is 0.487. The first-order valence-corrected chi connectivity index (χ1v) is 8.58. The molecule has 5 heteroatoms. The molecule has 2 aliphatic rings. The van der Waals surface area contributed by atoms with Crippen LogP contribution in [0.1, 0.15) is 45.1 Å². The molecule has 2 unspecified atom stereocenters. The predicted molar refractivity (Wildman–Crippen MR) is 87.1 cm³/mol. The summed E-state index contributed by atoms with van der Waals surface area (Å²) in [6.07, 6.45) is 7.64. The van der Waals surface area contributed by atoms with E-state index >= 15 is 0 Å². The van der Waals surface area contributed by atoms with Crippen LogP contribution in [0.3, 0.4) is 0 Å². The molecule has 2 fully saturated rings. The van der Waals surface area contributed by atoms with Crippen LogP contribution in [0, 0.1) is 0 Å². The van der Waals surface area contributed by atoms with Crippen molar-refractivity contribution in [1.29, 1.82) is 0 Å². The number of piperidine rings is 1. The third kappa shape index (κ3) is 3.02. The van der Waals surface area contributed by atoms with Crippen molar-refractivity contribution >= 4 is 17.4 Å². The van der Waals surface area contributed by atoms with Gasteiger partial charge >= 0.3 is 0 Å². The summed E-state index contributed by atoms with van der Waals surface area (Å²) in [5.74, 6) is 1.06. The normalized spacial score (nSPS) is 26.7. The number of anilines is 1. The zero-order valence-electron chi connectivity index (χ0n) is 13.1. The molecule has 4 nitrogen and oxygen atoms in total. The number of piperazine rings is 1. The van der Waals surface area contributed by atoms with Crippen LogP contribution in [-0.4, -0.2) is 46.6 Å². The van der Waals surface area contributed by atoms with Crippen molar-refractivity contribution in [3.63, 3.8) is 0 Å². The van der Waals surface area contributed by atoms with Crippen molar-refractivity contribution in [3.05, 3.63) is 17.0 Å². The maximum absolute atomic E-state index is 6.32. The molecule has 0 N–H and O–H groups in total. The quantitative estimate of drug-likeness (QED) is 0.803. The molecular weight excluding hydrogens is 284 g/mol. The highest BCUT2D eigenvalue weighted by molar-refractivity contribution is 6.30. The van der Waals surface area contributed by atoms with Gasteiger partial charge in [-0.25, -0.2) is 9.97 Å². The van der Waals surface area contributed by atoms with Crippen LogP contribution in [0.15, 0.2) is 6.33 Å². The van der Waals surface area contributed by atoms with Gasteiger partial charge < -0.3 is 4.90 Å². The van der Waals surface area contributed by atoms with E-state index in [9.17, 15) is 0 Å². The van der Waals surface area contributed by atoms with E-state index in [1.165, 1.54) is 25.8 Å². The number of hydrogen-bond acceptors (Lipinski definition) is 4. The van der Waals surface area contributed by atoms with Gasteiger partial charge in [0.1, 0.15) is 17.3 Å². The van der Waals surface area contributed by atoms with Gasteiger partial charge in [0.2, 0.25) is 0 Å². The Labute approximate surface area is 132 Å². The molecular formula is C16H25ClN4. The fraction of sp³-hybridized carbons (Fsp3) is 0.750. The molecule has 0 aromatic carbocycles. The molecule has 3 rings (SSSR count). The average molecular weight is 309 g/mol. The second-order valence-corrected chi connectivity index (χ2v) is 6.72. The van der Waals surface area contributed by atoms with E-state index in [0.29, 0.717) is 17.2 Å². The Morgan fingerprint density at radius 2 is 2.14 bits per heavy atom. The molecule has 1 aromatic heterocycles. The van der Waals surface area contributed by atoms with Gasteiger partial charge in [-0.3, -0.25) is 4.90 Å². The summed E-state index contributed by atoms with van der Waals surface area (Å²) < 4.78 is 0. The van der Waals surface area contributed by atoms with Crippen LogP contribution in [-0.2, 0) is 6.42 Å². The Morgan fingerprint density at radius 3 is 2.95 bits per heavy atom. The Kier molecular flexibility index (Phi) is 4.65. The molecule has 2 saturated heterocycles. The molecule has 116 valence electrons. The fourth-order valence-electron chi connectivity index (χ4n) is 3.74. The summed E-state index contributed by atoms with van der Waals surface area (Å²) >= 11 is 6.32. The third-order valence-corrected chi connectivity index (χ3v) is 5.16. The third-order valence-electron chi connectivity index (χ3n) is 4.83. The summed E-state index contributed by atoms with van der Waals surface area (Å²) in [6.45, 7) is 7.95. The Bertz CT molecular complexity index is 493. The summed E-state index contributed by atoms with van der Waals surface area (Å²) in [7, 11) is 0. The van der Waals surface area contributed by atoms with E-state index in [1.54, 1.807) is 6.33 Å². The van der Waals surface area contributed by atoms with Gasteiger partial charge in [-0.05, 0) is 32.7 Å². The first-order chi connectivity index (χ1) is 10.2. The molecule has 0 amide bonds. The number of halogens is 1. The minimum absolute atomic E-state index is 0.487. The lowest BCUT2D eigenvalue weighted by molar-refractivity contribution is 0.115. The lowest BCUT2D eigenvalue weighted by Crippen LogP contribution is -2.59. The molecule has 2 aliphatic heterocycles. The molecule has 21 heavy (non-hydrogen) atoms. The molecule has 3 heterocycles. The number of aromatic nitrogens is 2. The van der Waals surface area contributed by atoms with Gasteiger partial charge in [-0.15, -0.1) is 0 Å². The number of hydrogen-bond donors (Lipinski definition) is 0. The van der Waals surface area contributed by atoms with Gasteiger partial charge in [-0.1, -0.05) is 31.4 Å². The highest BCUT2D eigenvalue weighted by Gasteiger charge is 2.34. The number of fused-ring (bicyclic) bond motifs is 1. The van der Waals surface area contributed by atoms with Crippen LogP contribution in [0.5, 0.6) is 0 Å². The van der Waals surface area contributed by atoms with Crippen LogP contribution in [0.2, 0.25) is 5.15 Å². The van der Waals surface area contributed by atoms with Crippen molar-refractivity contribution in [2.75, 3.05) is 24.5 Å². The van der Waals surface area contributed by atoms with Crippen LogP contribution < -0.4 is 4.90 Å². The second-order valence-electron chi connectivity index (χ2n) is 6.36. The van der Waals surface area contributed by atoms with Crippen molar-refractivity contribution in [2.45, 2.75) is 58.0 Å². The van der Waals surface area contributed by atoms with Gasteiger partial charge in [0.25, 0.3) is 0 Å². The van der Waals surface area contributed by atoms with Gasteiger partial charge in [0.05, 0.1) is 0 Å². The number of nitrogens with zero attached hydrogens (tertiary/aromatic N) is 4. The lowest BCUT2D eigenvalue weighted by Gasteiger charge is -2.48. The van der Waals surface area contributed by atoms with E-state index in [-0.39, 0.29) is 0 Å². The highest BCUT2D eigenvalue weighted by Crippen LogP contribution is 2.31. The molecule has 2 atom stereocenters. The molecule has 0 spiro atoms. The summed E-state index contributed by atoms with van der Waals surface area (Å²) in [5.41, 5.74) is 1.12. The van der Waals surface area contributed by atoms with E-state index in [1.807, 2.05) is 0 Å². The van der Waals surface area contributed by atoms with E-state index in [2.05, 4.69) is 33.6 Å². The maximum Gasteiger partial charge on any atom is 0.137 e. The smallest absolute Gasteiger partial charge is 0.137 e. The van der Waals surface area contributed by atoms with Gasteiger partial charge in [0, 0.05) is 30.7 Å². The van der Waals surface area contributed by atoms with Crippen molar-refractivity contribution < 1.29 is 0 Å². The lowest BCUT2D eigenvalue weighted by atomic mass is 9.96. The minimum Gasteiger partial charge on any atom is -0.351 e. The zero-order chi connectivity index (χ0) is 14.8. The predicted octanol–water partition coefficient (Wildman–Crippen LogP) is 3.15. The summed E-state index contributed by atoms with van der Waals surface area (Å²) in [6, 6.07) is 1.17. The standard InChI is InChI=1S/C16H25ClN4/c1-3-6-14-15(17)18-11-19-16(14)21-10-13-7-4-5-8-20(13)9-12(21)2/h11-13H,3-10H2,1-2H3. The van der Waals surface area contributed by atoms with E-state index in [0.717, 1.165) is 37.3 Å². The summed E-state index contributed by atoms with van der Waals surface area (Å²) in [4.78, 5) is 13.9. The Balaban J connectivity index is 1.87. The second kappa shape index (κ2) is 6.49. The van der Waals surface area contributed by atoms with Crippen molar-refractivity contribution in [3.8, 4) is 0 Å². The van der Waals surface area contributed by atoms with Gasteiger partial charge in [0.15, 0.2) is 0 Å². The number of rotatable bonds is 3. The fourth-order valence-corrected chi connectivity index (χ4v) is 3.96.